The molecule has 4 rings (SSSR count). The molecule has 3 aromatic rings. The number of halogens is 2. The number of nitrogens with one attached hydrogen (secondary N) is 1. The van der Waals surface area contributed by atoms with E-state index in [9.17, 15) is 14.0 Å². The Kier molecular flexibility index (Phi) is 5.48. The fourth-order valence-electron chi connectivity index (χ4n) is 3.45. The summed E-state index contributed by atoms with van der Waals surface area (Å²) in [6.07, 6.45) is 0. The van der Waals surface area contributed by atoms with E-state index >= 15 is 0 Å². The van der Waals surface area contributed by atoms with E-state index in [4.69, 9.17) is 16.3 Å². The summed E-state index contributed by atoms with van der Waals surface area (Å²) in [7, 11) is 1.49. The second kappa shape index (κ2) is 8.24. The number of benzene rings is 3. The number of imide groups is 1. The molecule has 0 saturated carbocycles. The first-order chi connectivity index (χ1) is 14.9. The molecule has 7 heteroatoms. The minimum Gasteiger partial charge on any atom is -0.496 e. The predicted octanol–water partition coefficient (Wildman–Crippen LogP) is 5.19. The summed E-state index contributed by atoms with van der Waals surface area (Å²) in [5.74, 6) is -1.33. The Labute approximate surface area is 183 Å². The molecule has 0 atom stereocenters. The lowest BCUT2D eigenvalue weighted by molar-refractivity contribution is -0.120. The van der Waals surface area contributed by atoms with Crippen LogP contribution in [0.15, 0.2) is 72.4 Å². The molecule has 1 N–H and O–H groups in total. The summed E-state index contributed by atoms with van der Waals surface area (Å²) >= 11 is 5.90. The highest BCUT2D eigenvalue weighted by Crippen LogP contribution is 2.38. The zero-order valence-corrected chi connectivity index (χ0v) is 17.5. The van der Waals surface area contributed by atoms with Gasteiger partial charge in [0.2, 0.25) is 0 Å². The van der Waals surface area contributed by atoms with E-state index in [0.29, 0.717) is 17.0 Å². The van der Waals surface area contributed by atoms with Gasteiger partial charge in [-0.2, -0.15) is 0 Å². The standard InChI is InChI=1S/C24H18ClFN2O3/c1-14-7-3-5-9-19(14)27-22-21(16-8-4-6-10-20(16)31-2)23(29)28(24(22)30)15-11-12-18(26)17(25)13-15/h3-13,27H,1-2H3. The van der Waals surface area contributed by atoms with Crippen LogP contribution in [0.5, 0.6) is 5.75 Å². The second-order valence-corrected chi connectivity index (χ2v) is 7.34. The van der Waals surface area contributed by atoms with Crippen molar-refractivity contribution in [3.05, 3.63) is 94.4 Å². The van der Waals surface area contributed by atoms with Crippen LogP contribution in [0.1, 0.15) is 11.1 Å². The lowest BCUT2D eigenvalue weighted by Crippen LogP contribution is -2.32. The van der Waals surface area contributed by atoms with Crippen LogP contribution in [-0.2, 0) is 9.59 Å². The molecule has 1 heterocycles. The molecule has 0 fully saturated rings. The van der Waals surface area contributed by atoms with Crippen LogP contribution in [-0.4, -0.2) is 18.9 Å². The van der Waals surface area contributed by atoms with Crippen molar-refractivity contribution in [2.75, 3.05) is 17.3 Å². The topological polar surface area (TPSA) is 58.6 Å². The molecular weight excluding hydrogens is 419 g/mol. The summed E-state index contributed by atoms with van der Waals surface area (Å²) in [4.78, 5) is 27.9. The van der Waals surface area contributed by atoms with E-state index in [1.807, 2.05) is 31.2 Å². The molecule has 3 aromatic carbocycles. The van der Waals surface area contributed by atoms with Crippen molar-refractivity contribution < 1.29 is 18.7 Å². The number of hydrogen-bond acceptors (Lipinski definition) is 4. The van der Waals surface area contributed by atoms with Crippen molar-refractivity contribution in [2.24, 2.45) is 0 Å². The molecule has 5 nitrogen and oxygen atoms in total. The predicted molar refractivity (Wildman–Crippen MR) is 119 cm³/mol. The Morgan fingerprint density at radius 1 is 0.968 bits per heavy atom. The Morgan fingerprint density at radius 2 is 1.68 bits per heavy atom. The first-order valence-corrected chi connectivity index (χ1v) is 9.84. The average Bonchev–Trinajstić information content (AvgIpc) is 3.01. The first-order valence-electron chi connectivity index (χ1n) is 9.46. The van der Waals surface area contributed by atoms with E-state index < -0.39 is 17.6 Å². The molecule has 0 radical (unpaired) electrons. The van der Waals surface area contributed by atoms with Gasteiger partial charge in [-0.25, -0.2) is 9.29 Å². The number of aryl methyl sites for hydroxylation is 1. The number of nitrogens with zero attached hydrogens (tertiary/aromatic N) is 1. The van der Waals surface area contributed by atoms with Gasteiger partial charge in [0, 0.05) is 11.3 Å². The molecule has 0 unspecified atom stereocenters. The minimum atomic E-state index is -0.638. The van der Waals surface area contributed by atoms with Crippen LogP contribution in [0.25, 0.3) is 5.57 Å². The lowest BCUT2D eigenvalue weighted by atomic mass is 10.0. The lowest BCUT2D eigenvalue weighted by Gasteiger charge is -2.16. The van der Waals surface area contributed by atoms with Gasteiger partial charge in [0.25, 0.3) is 11.8 Å². The van der Waals surface area contributed by atoms with Crippen molar-refractivity contribution in [3.63, 3.8) is 0 Å². The van der Waals surface area contributed by atoms with Gasteiger partial charge < -0.3 is 10.1 Å². The number of ether oxygens (including phenoxy) is 1. The maximum absolute atomic E-state index is 13.7. The zero-order chi connectivity index (χ0) is 22.1. The minimum absolute atomic E-state index is 0.101. The molecule has 0 saturated heterocycles. The maximum Gasteiger partial charge on any atom is 0.282 e. The van der Waals surface area contributed by atoms with Crippen molar-refractivity contribution in [1.82, 2.24) is 0 Å². The highest BCUT2D eigenvalue weighted by atomic mass is 35.5. The Morgan fingerprint density at radius 3 is 2.39 bits per heavy atom. The second-order valence-electron chi connectivity index (χ2n) is 6.93. The number of para-hydroxylation sites is 2. The third-order valence-electron chi connectivity index (χ3n) is 5.03. The first kappa shape index (κ1) is 20.6. The molecular formula is C24H18ClFN2O3. The highest BCUT2D eigenvalue weighted by molar-refractivity contribution is 6.46. The number of methoxy groups -OCH3 is 1. The quantitative estimate of drug-likeness (QED) is 0.559. The van der Waals surface area contributed by atoms with Crippen LogP contribution in [0, 0.1) is 12.7 Å². The van der Waals surface area contributed by atoms with Crippen LogP contribution >= 0.6 is 11.6 Å². The Bertz CT molecular complexity index is 1240. The van der Waals surface area contributed by atoms with Gasteiger partial charge in [0.05, 0.1) is 23.4 Å². The molecule has 0 aromatic heterocycles. The number of anilines is 2. The number of carbonyl (C=O) groups excluding carboxylic acids is 2. The number of amides is 2. The zero-order valence-electron chi connectivity index (χ0n) is 16.8. The van der Waals surface area contributed by atoms with Crippen molar-refractivity contribution >= 4 is 40.4 Å². The largest absolute Gasteiger partial charge is 0.496 e. The van der Waals surface area contributed by atoms with Gasteiger partial charge in [-0.15, -0.1) is 0 Å². The summed E-state index contributed by atoms with van der Waals surface area (Å²) in [6.45, 7) is 1.89. The number of carbonyl (C=O) groups is 2. The van der Waals surface area contributed by atoms with Crippen LogP contribution in [0.4, 0.5) is 15.8 Å². The molecule has 2 amide bonds. The van der Waals surface area contributed by atoms with Crippen LogP contribution in [0.3, 0.4) is 0 Å². The Hall–Kier alpha value is -3.64. The van der Waals surface area contributed by atoms with Gasteiger partial charge in [-0.3, -0.25) is 9.59 Å². The van der Waals surface area contributed by atoms with Gasteiger partial charge in [-0.1, -0.05) is 48.0 Å². The van der Waals surface area contributed by atoms with Crippen LogP contribution < -0.4 is 15.0 Å². The third kappa shape index (κ3) is 3.66. The van der Waals surface area contributed by atoms with E-state index in [2.05, 4.69) is 5.32 Å². The number of hydrogen-bond donors (Lipinski definition) is 1. The van der Waals surface area contributed by atoms with Gasteiger partial charge in [0.1, 0.15) is 17.3 Å². The highest BCUT2D eigenvalue weighted by Gasteiger charge is 2.41. The smallest absolute Gasteiger partial charge is 0.282 e. The Balaban J connectivity index is 1.89. The van der Waals surface area contributed by atoms with Crippen molar-refractivity contribution in [1.29, 1.82) is 0 Å². The average molecular weight is 437 g/mol. The van der Waals surface area contributed by atoms with Crippen LogP contribution in [0.2, 0.25) is 5.02 Å². The van der Waals surface area contributed by atoms with Crippen molar-refractivity contribution in [3.8, 4) is 5.75 Å². The van der Waals surface area contributed by atoms with Gasteiger partial charge in [-0.05, 0) is 42.8 Å². The van der Waals surface area contributed by atoms with E-state index in [1.165, 1.54) is 19.2 Å². The SMILES string of the molecule is COc1ccccc1C1=C(Nc2ccccc2C)C(=O)N(c2ccc(F)c(Cl)c2)C1=O. The molecule has 0 spiro atoms. The summed E-state index contributed by atoms with van der Waals surface area (Å²) in [6, 6.07) is 18.1. The molecule has 0 bridgehead atoms. The summed E-state index contributed by atoms with van der Waals surface area (Å²) < 4.78 is 19.1. The van der Waals surface area contributed by atoms with E-state index in [1.54, 1.807) is 24.3 Å². The molecule has 1 aliphatic heterocycles. The normalized spacial score (nSPS) is 13.7. The van der Waals surface area contributed by atoms with Gasteiger partial charge in [0.15, 0.2) is 0 Å². The molecule has 31 heavy (non-hydrogen) atoms. The van der Waals surface area contributed by atoms with E-state index in [0.717, 1.165) is 16.5 Å². The summed E-state index contributed by atoms with van der Waals surface area (Å²) in [5.41, 5.74) is 2.49. The maximum atomic E-state index is 13.7. The molecule has 1 aliphatic rings. The number of rotatable bonds is 5. The summed E-state index contributed by atoms with van der Waals surface area (Å²) in [5, 5.41) is 2.94. The fourth-order valence-corrected chi connectivity index (χ4v) is 3.63. The van der Waals surface area contributed by atoms with Gasteiger partial charge >= 0.3 is 0 Å². The van der Waals surface area contributed by atoms with E-state index in [-0.39, 0.29) is 22.0 Å². The third-order valence-corrected chi connectivity index (χ3v) is 5.32. The van der Waals surface area contributed by atoms with Crippen molar-refractivity contribution in [2.45, 2.75) is 6.92 Å². The molecule has 0 aliphatic carbocycles. The monoisotopic (exact) mass is 436 g/mol. The fraction of sp³-hybridized carbons (Fsp3) is 0.0833. The molecule has 156 valence electrons.